The van der Waals surface area contributed by atoms with E-state index in [9.17, 15) is 4.79 Å². The zero-order valence-electron chi connectivity index (χ0n) is 11.0. The van der Waals surface area contributed by atoms with Gasteiger partial charge in [0.1, 0.15) is 5.75 Å². The van der Waals surface area contributed by atoms with Crippen LogP contribution in [0.25, 0.3) is 0 Å². The molecule has 3 nitrogen and oxygen atoms in total. The smallest absolute Gasteiger partial charge is 0.310 e. The summed E-state index contributed by atoms with van der Waals surface area (Å²) in [6.07, 6.45) is 1.29. The molecule has 0 aliphatic carbocycles. The largest absolute Gasteiger partial charge is 0.490 e. The normalized spacial score (nSPS) is 12.0. The lowest BCUT2D eigenvalue weighted by Crippen LogP contribution is -2.13. The van der Waals surface area contributed by atoms with Gasteiger partial charge in [-0.15, -0.1) is 0 Å². The highest BCUT2D eigenvalue weighted by Crippen LogP contribution is 2.26. The monoisotopic (exact) mass is 314 g/mol. The first-order chi connectivity index (χ1) is 8.56. The molecule has 0 saturated heterocycles. The number of benzene rings is 1. The maximum absolute atomic E-state index is 11.5. The van der Waals surface area contributed by atoms with E-state index >= 15 is 0 Å². The summed E-state index contributed by atoms with van der Waals surface area (Å²) in [5.74, 6) is 0.514. The molecule has 1 aromatic carbocycles. The zero-order chi connectivity index (χ0) is 13.5. The van der Waals surface area contributed by atoms with Crippen molar-refractivity contribution in [3.05, 3.63) is 28.2 Å². The predicted molar refractivity (Wildman–Crippen MR) is 74.9 cm³/mol. The van der Waals surface area contributed by atoms with Crippen molar-refractivity contribution in [1.82, 2.24) is 0 Å². The maximum Gasteiger partial charge on any atom is 0.310 e. The Morgan fingerprint density at radius 3 is 2.72 bits per heavy atom. The van der Waals surface area contributed by atoms with Crippen LogP contribution in [-0.4, -0.2) is 18.7 Å². The molecule has 0 fully saturated rings. The lowest BCUT2D eigenvalue weighted by Gasteiger charge is -2.16. The fraction of sp³-hybridized carbons (Fsp3) is 0.500. The van der Waals surface area contributed by atoms with Crippen LogP contribution in [0.3, 0.4) is 0 Å². The highest BCUT2D eigenvalue weighted by atomic mass is 79.9. The van der Waals surface area contributed by atoms with Gasteiger partial charge < -0.3 is 9.47 Å². The Kier molecular flexibility index (Phi) is 6.19. The van der Waals surface area contributed by atoms with E-state index in [0.29, 0.717) is 6.61 Å². The van der Waals surface area contributed by atoms with E-state index in [4.69, 9.17) is 9.47 Å². The van der Waals surface area contributed by atoms with Crippen molar-refractivity contribution in [2.45, 2.75) is 39.7 Å². The number of hydrogen-bond donors (Lipinski definition) is 0. The minimum atomic E-state index is -0.228. The molecule has 0 radical (unpaired) electrons. The summed E-state index contributed by atoms with van der Waals surface area (Å²) >= 11 is 3.41. The minimum absolute atomic E-state index is 0.125. The second-order valence-electron chi connectivity index (χ2n) is 4.07. The molecule has 18 heavy (non-hydrogen) atoms. The van der Waals surface area contributed by atoms with Gasteiger partial charge in [-0.25, -0.2) is 0 Å². The van der Waals surface area contributed by atoms with Gasteiger partial charge in [0.25, 0.3) is 0 Å². The molecule has 0 heterocycles. The Balaban J connectivity index is 2.85. The first-order valence-corrected chi connectivity index (χ1v) is 6.96. The first-order valence-electron chi connectivity index (χ1n) is 6.17. The molecule has 1 unspecified atom stereocenters. The molecule has 0 aliphatic rings. The van der Waals surface area contributed by atoms with E-state index in [1.54, 1.807) is 6.92 Å². The predicted octanol–water partition coefficient (Wildman–Crippen LogP) is 3.73. The summed E-state index contributed by atoms with van der Waals surface area (Å²) in [7, 11) is 0. The van der Waals surface area contributed by atoms with Gasteiger partial charge in [-0.05, 0) is 32.4 Å². The highest BCUT2D eigenvalue weighted by molar-refractivity contribution is 9.10. The van der Waals surface area contributed by atoms with Crippen LogP contribution in [0.4, 0.5) is 0 Å². The third kappa shape index (κ3) is 4.69. The van der Waals surface area contributed by atoms with E-state index in [-0.39, 0.29) is 18.5 Å². The molecule has 0 N–H and O–H groups in total. The fourth-order valence-electron chi connectivity index (χ4n) is 1.45. The summed E-state index contributed by atoms with van der Waals surface area (Å²) in [4.78, 5) is 11.5. The van der Waals surface area contributed by atoms with Crippen LogP contribution in [-0.2, 0) is 16.0 Å². The molecule has 0 aromatic heterocycles. The van der Waals surface area contributed by atoms with Gasteiger partial charge in [0.05, 0.1) is 19.1 Å². The second-order valence-corrected chi connectivity index (χ2v) is 4.99. The van der Waals surface area contributed by atoms with Crippen LogP contribution in [0, 0.1) is 0 Å². The van der Waals surface area contributed by atoms with Crippen LogP contribution >= 0.6 is 15.9 Å². The van der Waals surface area contributed by atoms with Gasteiger partial charge in [0.2, 0.25) is 0 Å². The first kappa shape index (κ1) is 15.0. The lowest BCUT2D eigenvalue weighted by molar-refractivity contribution is -0.142. The number of halogens is 1. The quantitative estimate of drug-likeness (QED) is 0.750. The van der Waals surface area contributed by atoms with E-state index in [1.165, 1.54) is 0 Å². The molecule has 4 heteroatoms. The Morgan fingerprint density at radius 2 is 2.11 bits per heavy atom. The molecule has 0 bridgehead atoms. The van der Waals surface area contributed by atoms with Crippen molar-refractivity contribution in [3.8, 4) is 5.75 Å². The summed E-state index contributed by atoms with van der Waals surface area (Å²) in [6.45, 7) is 6.27. The molecule has 0 saturated carbocycles. The van der Waals surface area contributed by atoms with Gasteiger partial charge in [0, 0.05) is 10.0 Å². The van der Waals surface area contributed by atoms with Crippen molar-refractivity contribution >= 4 is 21.9 Å². The zero-order valence-corrected chi connectivity index (χ0v) is 12.6. The topological polar surface area (TPSA) is 35.5 Å². The van der Waals surface area contributed by atoms with Crippen molar-refractivity contribution in [2.24, 2.45) is 0 Å². The molecular weight excluding hydrogens is 296 g/mol. The summed E-state index contributed by atoms with van der Waals surface area (Å²) in [6, 6.07) is 5.68. The van der Waals surface area contributed by atoms with Gasteiger partial charge in [0.15, 0.2) is 0 Å². The fourth-order valence-corrected chi connectivity index (χ4v) is 1.79. The minimum Gasteiger partial charge on any atom is -0.490 e. The molecule has 1 rings (SSSR count). The molecule has 1 atom stereocenters. The lowest BCUT2D eigenvalue weighted by atomic mass is 10.1. The summed E-state index contributed by atoms with van der Waals surface area (Å²) < 4.78 is 11.7. The van der Waals surface area contributed by atoms with Crippen molar-refractivity contribution in [2.75, 3.05) is 6.61 Å². The van der Waals surface area contributed by atoms with E-state index < -0.39 is 0 Å². The number of ether oxygens (including phenoxy) is 2. The number of rotatable bonds is 6. The number of carbonyl (C=O) groups is 1. The Morgan fingerprint density at radius 1 is 1.39 bits per heavy atom. The maximum atomic E-state index is 11.5. The summed E-state index contributed by atoms with van der Waals surface area (Å²) in [5, 5.41) is 0. The van der Waals surface area contributed by atoms with Crippen molar-refractivity contribution in [3.63, 3.8) is 0 Å². The van der Waals surface area contributed by atoms with Gasteiger partial charge >= 0.3 is 5.97 Å². The molecule has 0 aliphatic heterocycles. The summed E-state index contributed by atoms with van der Waals surface area (Å²) in [5.41, 5.74) is 0.858. The Bertz CT molecular complexity index is 404. The Labute approximate surface area is 117 Å². The number of hydrogen-bond acceptors (Lipinski definition) is 3. The highest BCUT2D eigenvalue weighted by Gasteiger charge is 2.12. The van der Waals surface area contributed by atoms with Gasteiger partial charge in [-0.3, -0.25) is 4.79 Å². The van der Waals surface area contributed by atoms with E-state index in [2.05, 4.69) is 22.9 Å². The molecule has 1 aromatic rings. The molecular formula is C14H19BrO3. The molecule has 0 amide bonds. The third-order valence-corrected chi connectivity index (χ3v) is 3.07. The van der Waals surface area contributed by atoms with Crippen molar-refractivity contribution < 1.29 is 14.3 Å². The standard InChI is InChI=1S/C14H19BrO3/c1-4-10(3)18-13-9-12(15)7-6-11(13)8-14(16)17-5-2/h6-7,9-10H,4-5,8H2,1-3H3. The average Bonchev–Trinajstić information content (AvgIpc) is 2.33. The number of esters is 1. The van der Waals surface area contributed by atoms with Crippen LogP contribution in [0.15, 0.2) is 22.7 Å². The van der Waals surface area contributed by atoms with Crippen LogP contribution in [0.2, 0.25) is 0 Å². The van der Waals surface area contributed by atoms with Crippen LogP contribution < -0.4 is 4.74 Å². The van der Waals surface area contributed by atoms with E-state index in [1.807, 2.05) is 25.1 Å². The number of carbonyl (C=O) groups excluding carboxylic acids is 1. The average molecular weight is 315 g/mol. The van der Waals surface area contributed by atoms with Crippen LogP contribution in [0.1, 0.15) is 32.8 Å². The van der Waals surface area contributed by atoms with Crippen molar-refractivity contribution in [1.29, 1.82) is 0 Å². The molecule has 100 valence electrons. The Hall–Kier alpha value is -1.03. The third-order valence-electron chi connectivity index (χ3n) is 2.57. The van der Waals surface area contributed by atoms with Gasteiger partial charge in [-0.2, -0.15) is 0 Å². The van der Waals surface area contributed by atoms with Crippen LogP contribution in [0.5, 0.6) is 5.75 Å². The van der Waals surface area contributed by atoms with Gasteiger partial charge in [-0.1, -0.05) is 28.9 Å². The SMILES string of the molecule is CCOC(=O)Cc1ccc(Br)cc1OC(C)CC. The second kappa shape index (κ2) is 7.41. The molecule has 0 spiro atoms. The van der Waals surface area contributed by atoms with E-state index in [0.717, 1.165) is 22.2 Å².